The Morgan fingerprint density at radius 3 is 2.70 bits per heavy atom. The number of thioether (sulfide) groups is 1. The molecule has 1 fully saturated rings. The minimum Gasteiger partial charge on any atom is -0.285 e. The van der Waals surface area contributed by atoms with E-state index in [0.29, 0.717) is 17.5 Å². The van der Waals surface area contributed by atoms with Crippen LogP contribution in [0.25, 0.3) is 10.9 Å². The van der Waals surface area contributed by atoms with Gasteiger partial charge >= 0.3 is 0 Å². The number of hydrazone groups is 1. The van der Waals surface area contributed by atoms with Crippen LogP contribution in [-0.4, -0.2) is 32.6 Å². The predicted octanol–water partition coefficient (Wildman–Crippen LogP) is 3.01. The molecule has 4 rings (SSSR count). The molecule has 2 heterocycles. The van der Waals surface area contributed by atoms with Crippen LogP contribution < -0.4 is 5.43 Å². The van der Waals surface area contributed by atoms with E-state index in [0.717, 1.165) is 16.5 Å². The summed E-state index contributed by atoms with van der Waals surface area (Å²) >= 11 is 1.31. The topological polar surface area (TPSA) is 74.7 Å². The van der Waals surface area contributed by atoms with Gasteiger partial charge in [-0.3, -0.25) is 14.5 Å². The Labute approximate surface area is 160 Å². The van der Waals surface area contributed by atoms with Gasteiger partial charge in [-0.15, -0.1) is 5.10 Å². The summed E-state index contributed by atoms with van der Waals surface area (Å²) in [6, 6.07) is 20.8. The summed E-state index contributed by atoms with van der Waals surface area (Å²) in [5.74, 6) is -0.121. The van der Waals surface area contributed by atoms with Gasteiger partial charge in [0.15, 0.2) is 5.17 Å². The Bertz CT molecular complexity index is 1040. The number of pyridine rings is 1. The standard InChI is InChI=1S/C20H16N4O2S/c25-18-13-27-20(24(18)12-14-6-2-1-3-7-14)23-22-19(26)17-11-10-15-8-4-5-9-16(15)21-17/h1-11H,12-13H2,(H,22,26)/b23-20-. The summed E-state index contributed by atoms with van der Waals surface area (Å²) in [7, 11) is 0. The predicted molar refractivity (Wildman–Crippen MR) is 106 cm³/mol. The number of carbonyl (C=O) groups excluding carboxylic acids is 2. The summed E-state index contributed by atoms with van der Waals surface area (Å²) in [5, 5.41) is 5.60. The van der Waals surface area contributed by atoms with Crippen molar-refractivity contribution < 1.29 is 9.59 Å². The number of hydrogen-bond acceptors (Lipinski definition) is 5. The maximum atomic E-state index is 12.4. The molecular formula is C20H16N4O2S. The molecule has 6 nitrogen and oxygen atoms in total. The molecule has 1 saturated heterocycles. The number of hydrogen-bond donors (Lipinski definition) is 1. The molecule has 7 heteroatoms. The first-order chi connectivity index (χ1) is 13.2. The van der Waals surface area contributed by atoms with Crippen molar-refractivity contribution in [1.29, 1.82) is 0 Å². The minimum absolute atomic E-state index is 0.0271. The van der Waals surface area contributed by atoms with Gasteiger partial charge in [0.05, 0.1) is 17.8 Å². The van der Waals surface area contributed by atoms with Crippen LogP contribution in [0, 0.1) is 0 Å². The largest absolute Gasteiger partial charge is 0.290 e. The number of rotatable bonds is 4. The van der Waals surface area contributed by atoms with Crippen LogP contribution in [-0.2, 0) is 11.3 Å². The van der Waals surface area contributed by atoms with Crippen LogP contribution in [0.15, 0.2) is 71.8 Å². The van der Waals surface area contributed by atoms with E-state index in [1.54, 1.807) is 11.0 Å². The van der Waals surface area contributed by atoms with Gasteiger partial charge in [0.25, 0.3) is 5.91 Å². The average Bonchev–Trinajstić information content (AvgIpc) is 3.06. The van der Waals surface area contributed by atoms with Crippen LogP contribution in [0.4, 0.5) is 0 Å². The summed E-state index contributed by atoms with van der Waals surface area (Å²) in [4.78, 5) is 30.5. The minimum atomic E-state index is -0.409. The van der Waals surface area contributed by atoms with E-state index >= 15 is 0 Å². The highest BCUT2D eigenvalue weighted by Gasteiger charge is 2.28. The molecule has 1 aliphatic heterocycles. The molecule has 0 atom stereocenters. The van der Waals surface area contributed by atoms with E-state index in [9.17, 15) is 9.59 Å². The van der Waals surface area contributed by atoms with Crippen molar-refractivity contribution in [3.63, 3.8) is 0 Å². The molecule has 1 aliphatic rings. The number of carbonyl (C=O) groups is 2. The number of aromatic nitrogens is 1. The van der Waals surface area contributed by atoms with Crippen LogP contribution in [0.3, 0.4) is 0 Å². The molecule has 134 valence electrons. The molecule has 0 bridgehead atoms. The Morgan fingerprint density at radius 2 is 1.85 bits per heavy atom. The molecule has 0 saturated carbocycles. The summed E-state index contributed by atoms with van der Waals surface area (Å²) in [6.07, 6.45) is 0. The normalized spacial score (nSPS) is 15.5. The maximum absolute atomic E-state index is 12.4. The quantitative estimate of drug-likeness (QED) is 0.711. The summed E-state index contributed by atoms with van der Waals surface area (Å²) in [5.41, 5.74) is 4.54. The number of amides is 2. The van der Waals surface area contributed by atoms with Crippen LogP contribution in [0.2, 0.25) is 0 Å². The lowest BCUT2D eigenvalue weighted by Crippen LogP contribution is -2.31. The molecule has 3 aromatic rings. The fraction of sp³-hybridized carbons (Fsp3) is 0.100. The summed E-state index contributed by atoms with van der Waals surface area (Å²) in [6.45, 7) is 0.426. The second kappa shape index (κ2) is 7.59. The molecule has 2 amide bonds. The van der Waals surface area contributed by atoms with Crippen molar-refractivity contribution in [3.8, 4) is 0 Å². The van der Waals surface area contributed by atoms with Gasteiger partial charge < -0.3 is 0 Å². The van der Waals surface area contributed by atoms with E-state index in [4.69, 9.17) is 0 Å². The lowest BCUT2D eigenvalue weighted by Gasteiger charge is -2.15. The molecule has 1 N–H and O–H groups in total. The number of nitrogens with one attached hydrogen (secondary N) is 1. The average molecular weight is 376 g/mol. The zero-order valence-electron chi connectivity index (χ0n) is 14.3. The van der Waals surface area contributed by atoms with Crippen LogP contribution in [0.1, 0.15) is 16.1 Å². The first-order valence-electron chi connectivity index (χ1n) is 8.41. The molecule has 0 radical (unpaired) electrons. The number of para-hydroxylation sites is 1. The fourth-order valence-corrected chi connectivity index (χ4v) is 3.59. The summed E-state index contributed by atoms with van der Waals surface area (Å²) < 4.78 is 0. The van der Waals surface area contributed by atoms with E-state index < -0.39 is 5.91 Å². The fourth-order valence-electron chi connectivity index (χ4n) is 2.75. The zero-order chi connectivity index (χ0) is 18.6. The van der Waals surface area contributed by atoms with Crippen molar-refractivity contribution in [1.82, 2.24) is 15.3 Å². The Kier molecular flexibility index (Phi) is 4.84. The lowest BCUT2D eigenvalue weighted by molar-refractivity contribution is -0.124. The highest BCUT2D eigenvalue weighted by Crippen LogP contribution is 2.21. The van der Waals surface area contributed by atoms with Gasteiger partial charge in [0.2, 0.25) is 5.91 Å². The molecular weight excluding hydrogens is 360 g/mol. The first-order valence-corrected chi connectivity index (χ1v) is 9.40. The number of fused-ring (bicyclic) bond motifs is 1. The van der Waals surface area contributed by atoms with E-state index in [1.165, 1.54) is 11.8 Å². The van der Waals surface area contributed by atoms with Crippen molar-refractivity contribution >= 4 is 39.6 Å². The van der Waals surface area contributed by atoms with Gasteiger partial charge in [0, 0.05) is 5.39 Å². The monoisotopic (exact) mass is 376 g/mol. The second-order valence-corrected chi connectivity index (χ2v) is 6.92. The second-order valence-electron chi connectivity index (χ2n) is 5.98. The molecule has 2 aromatic carbocycles. The number of benzene rings is 2. The van der Waals surface area contributed by atoms with Crippen molar-refractivity contribution in [2.45, 2.75) is 6.54 Å². The van der Waals surface area contributed by atoms with Gasteiger partial charge in [0.1, 0.15) is 5.69 Å². The highest BCUT2D eigenvalue weighted by atomic mass is 32.2. The van der Waals surface area contributed by atoms with Crippen molar-refractivity contribution in [3.05, 3.63) is 78.0 Å². The van der Waals surface area contributed by atoms with Gasteiger partial charge in [-0.2, -0.15) is 0 Å². The van der Waals surface area contributed by atoms with E-state index in [1.807, 2.05) is 60.7 Å². The third-order valence-electron chi connectivity index (χ3n) is 4.12. The Hall–Kier alpha value is -3.19. The third kappa shape index (κ3) is 3.83. The van der Waals surface area contributed by atoms with Crippen molar-refractivity contribution in [2.24, 2.45) is 5.10 Å². The molecule has 27 heavy (non-hydrogen) atoms. The highest BCUT2D eigenvalue weighted by molar-refractivity contribution is 8.15. The van der Waals surface area contributed by atoms with Crippen LogP contribution in [0.5, 0.6) is 0 Å². The smallest absolute Gasteiger partial charge is 0.285 e. The first kappa shape index (κ1) is 17.2. The molecule has 0 aliphatic carbocycles. The number of nitrogens with zero attached hydrogens (tertiary/aromatic N) is 3. The van der Waals surface area contributed by atoms with E-state index in [-0.39, 0.29) is 11.6 Å². The van der Waals surface area contributed by atoms with Gasteiger partial charge in [-0.05, 0) is 17.7 Å². The van der Waals surface area contributed by atoms with Crippen LogP contribution >= 0.6 is 11.8 Å². The zero-order valence-corrected chi connectivity index (χ0v) is 15.1. The van der Waals surface area contributed by atoms with Gasteiger partial charge in [-0.1, -0.05) is 66.4 Å². The van der Waals surface area contributed by atoms with E-state index in [2.05, 4.69) is 15.5 Å². The molecule has 0 unspecified atom stereocenters. The lowest BCUT2D eigenvalue weighted by atomic mass is 10.2. The SMILES string of the molecule is O=C(N/N=C1\SCC(=O)N1Cc1ccccc1)c1ccc2ccccc2n1. The maximum Gasteiger partial charge on any atom is 0.290 e. The Morgan fingerprint density at radius 1 is 1.07 bits per heavy atom. The molecule has 0 spiro atoms. The molecule has 1 aromatic heterocycles. The van der Waals surface area contributed by atoms with Crippen molar-refractivity contribution in [2.75, 3.05) is 5.75 Å². The third-order valence-corrected chi connectivity index (χ3v) is 5.09. The number of amidine groups is 1. The van der Waals surface area contributed by atoms with Gasteiger partial charge in [-0.25, -0.2) is 10.4 Å². The Balaban J connectivity index is 1.50.